The second kappa shape index (κ2) is 12.3. The maximum atomic E-state index is 10.6. The average Bonchev–Trinajstić information content (AvgIpc) is 3.46. The Hall–Kier alpha value is -0.980. The first-order valence-corrected chi connectivity index (χ1v) is 11.6. The summed E-state index contributed by atoms with van der Waals surface area (Å²) in [5, 5.41) is 18.6. The molecule has 3 unspecified atom stereocenters. The summed E-state index contributed by atoms with van der Waals surface area (Å²) >= 11 is 1.64. The van der Waals surface area contributed by atoms with Crippen LogP contribution in [0.1, 0.15) is 17.4 Å². The highest BCUT2D eigenvalue weighted by molar-refractivity contribution is 14.0. The van der Waals surface area contributed by atoms with Crippen LogP contribution in [-0.2, 0) is 9.47 Å². The number of guanidine groups is 1. The van der Waals surface area contributed by atoms with Gasteiger partial charge in [0.1, 0.15) is 6.10 Å². The molecule has 31 heavy (non-hydrogen) atoms. The SMILES string of the molecule is CN=C(NCC(O)c1cc2ccccc2s1)NCC(C1CCOC1)N1CCOCC1.I. The number of hydrogen-bond acceptors (Lipinski definition) is 6. The van der Waals surface area contributed by atoms with Gasteiger partial charge in [0, 0.05) is 61.4 Å². The van der Waals surface area contributed by atoms with Crippen molar-refractivity contribution in [3.63, 3.8) is 0 Å². The molecule has 1 aromatic heterocycles. The van der Waals surface area contributed by atoms with Gasteiger partial charge >= 0.3 is 0 Å². The molecule has 0 saturated carbocycles. The molecule has 2 aromatic rings. The number of nitrogens with zero attached hydrogens (tertiary/aromatic N) is 2. The van der Waals surface area contributed by atoms with Crippen LogP contribution in [0.15, 0.2) is 35.3 Å². The third-order valence-corrected chi connectivity index (χ3v) is 7.18. The summed E-state index contributed by atoms with van der Waals surface area (Å²) in [5.41, 5.74) is 0. The average molecular weight is 561 g/mol. The first-order valence-electron chi connectivity index (χ1n) is 10.7. The lowest BCUT2D eigenvalue weighted by atomic mass is 9.97. The second-order valence-electron chi connectivity index (χ2n) is 7.88. The molecule has 2 saturated heterocycles. The van der Waals surface area contributed by atoms with Crippen molar-refractivity contribution in [3.05, 3.63) is 35.2 Å². The molecule has 3 N–H and O–H groups in total. The van der Waals surface area contributed by atoms with Gasteiger partial charge in [-0.05, 0) is 23.9 Å². The Balaban J connectivity index is 0.00000272. The summed E-state index contributed by atoms with van der Waals surface area (Å²) in [6.45, 7) is 6.38. The van der Waals surface area contributed by atoms with E-state index in [0.29, 0.717) is 24.5 Å². The molecule has 4 rings (SSSR count). The number of fused-ring (bicyclic) bond motifs is 1. The van der Waals surface area contributed by atoms with E-state index in [-0.39, 0.29) is 24.0 Å². The molecular weight excluding hydrogens is 527 g/mol. The number of nitrogens with one attached hydrogen (secondary N) is 2. The molecular formula is C22H33IN4O3S. The smallest absolute Gasteiger partial charge is 0.191 e. The number of aliphatic hydroxyl groups is 1. The van der Waals surface area contributed by atoms with E-state index in [1.54, 1.807) is 18.4 Å². The van der Waals surface area contributed by atoms with Crippen LogP contribution in [0.25, 0.3) is 10.1 Å². The maximum absolute atomic E-state index is 10.6. The topological polar surface area (TPSA) is 78.4 Å². The lowest BCUT2D eigenvalue weighted by Gasteiger charge is -2.37. The molecule has 0 radical (unpaired) electrons. The predicted octanol–water partition coefficient (Wildman–Crippen LogP) is 2.46. The molecule has 0 spiro atoms. The maximum Gasteiger partial charge on any atom is 0.191 e. The van der Waals surface area contributed by atoms with Crippen LogP contribution in [0.5, 0.6) is 0 Å². The molecule has 9 heteroatoms. The van der Waals surface area contributed by atoms with Crippen molar-refractivity contribution < 1.29 is 14.6 Å². The Labute approximate surface area is 205 Å². The molecule has 2 aliphatic heterocycles. The number of hydrogen-bond donors (Lipinski definition) is 3. The third kappa shape index (κ3) is 6.52. The summed E-state index contributed by atoms with van der Waals surface area (Å²) in [4.78, 5) is 7.83. The van der Waals surface area contributed by atoms with Crippen molar-refractivity contribution in [2.75, 3.05) is 59.7 Å². The Morgan fingerprint density at radius 2 is 1.97 bits per heavy atom. The summed E-state index contributed by atoms with van der Waals surface area (Å²) < 4.78 is 12.4. The van der Waals surface area contributed by atoms with Gasteiger partial charge in [-0.3, -0.25) is 9.89 Å². The minimum atomic E-state index is -0.570. The van der Waals surface area contributed by atoms with Gasteiger partial charge in [-0.15, -0.1) is 35.3 Å². The fraction of sp³-hybridized carbons (Fsp3) is 0.591. The molecule has 172 valence electrons. The lowest BCUT2D eigenvalue weighted by Crippen LogP contribution is -2.53. The Morgan fingerprint density at radius 3 is 2.68 bits per heavy atom. The Bertz CT molecular complexity index is 804. The van der Waals surface area contributed by atoms with Gasteiger partial charge in [0.25, 0.3) is 0 Å². The van der Waals surface area contributed by atoms with Crippen molar-refractivity contribution in [2.24, 2.45) is 10.9 Å². The number of ether oxygens (including phenoxy) is 2. The van der Waals surface area contributed by atoms with Gasteiger partial charge in [0.2, 0.25) is 0 Å². The molecule has 3 heterocycles. The lowest BCUT2D eigenvalue weighted by molar-refractivity contribution is 0.00245. The van der Waals surface area contributed by atoms with Crippen LogP contribution >= 0.6 is 35.3 Å². The normalized spacial score (nSPS) is 22.1. The van der Waals surface area contributed by atoms with E-state index in [2.05, 4.69) is 38.7 Å². The van der Waals surface area contributed by atoms with Crippen LogP contribution in [-0.4, -0.2) is 81.7 Å². The number of rotatable bonds is 7. The zero-order valence-corrected chi connectivity index (χ0v) is 21.1. The monoisotopic (exact) mass is 560 g/mol. The second-order valence-corrected chi connectivity index (χ2v) is 8.99. The molecule has 7 nitrogen and oxygen atoms in total. The quantitative estimate of drug-likeness (QED) is 0.275. The van der Waals surface area contributed by atoms with E-state index in [9.17, 15) is 5.11 Å². The highest BCUT2D eigenvalue weighted by Gasteiger charge is 2.31. The van der Waals surface area contributed by atoms with Gasteiger partial charge < -0.3 is 25.2 Å². The minimum Gasteiger partial charge on any atom is -0.386 e. The fourth-order valence-corrected chi connectivity index (χ4v) is 5.29. The number of aliphatic hydroxyl groups excluding tert-OH is 1. The van der Waals surface area contributed by atoms with Crippen molar-refractivity contribution in [1.82, 2.24) is 15.5 Å². The largest absolute Gasteiger partial charge is 0.386 e. The summed E-state index contributed by atoms with van der Waals surface area (Å²) in [5.74, 6) is 1.24. The number of benzene rings is 1. The van der Waals surface area contributed by atoms with Crippen molar-refractivity contribution >= 4 is 51.4 Å². The standard InChI is InChI=1S/C22H32N4O3S.HI/c1-23-22(25-14-19(27)21-12-16-4-2-3-5-20(16)30-21)24-13-18(17-6-9-29-15-17)26-7-10-28-11-8-26;/h2-5,12,17-19,27H,6-11,13-15H2,1H3,(H2,23,24,25);1H. The van der Waals surface area contributed by atoms with Crippen LogP contribution in [0.2, 0.25) is 0 Å². The summed E-state index contributed by atoms with van der Waals surface area (Å²) in [6.07, 6.45) is 0.527. The minimum absolute atomic E-state index is 0. The van der Waals surface area contributed by atoms with Crippen LogP contribution < -0.4 is 10.6 Å². The van der Waals surface area contributed by atoms with Gasteiger partial charge in [-0.1, -0.05) is 18.2 Å². The molecule has 0 amide bonds. The van der Waals surface area contributed by atoms with Crippen molar-refractivity contribution in [2.45, 2.75) is 18.6 Å². The van der Waals surface area contributed by atoms with E-state index < -0.39 is 6.10 Å². The number of thiophene rings is 1. The van der Waals surface area contributed by atoms with Gasteiger partial charge in [-0.25, -0.2) is 0 Å². The van der Waals surface area contributed by atoms with Gasteiger partial charge in [0.05, 0.1) is 19.8 Å². The molecule has 0 aliphatic carbocycles. The molecule has 2 fully saturated rings. The van der Waals surface area contributed by atoms with E-state index >= 15 is 0 Å². The van der Waals surface area contributed by atoms with Gasteiger partial charge in [0.15, 0.2) is 5.96 Å². The number of morpholine rings is 1. The first-order chi connectivity index (χ1) is 14.7. The number of halogens is 1. The summed E-state index contributed by atoms with van der Waals surface area (Å²) in [6, 6.07) is 10.7. The Kier molecular flexibility index (Phi) is 9.79. The molecule has 0 bridgehead atoms. The van der Waals surface area contributed by atoms with Crippen LogP contribution in [0.3, 0.4) is 0 Å². The van der Waals surface area contributed by atoms with Crippen LogP contribution in [0, 0.1) is 5.92 Å². The van der Waals surface area contributed by atoms with E-state index in [1.165, 1.54) is 10.1 Å². The molecule has 2 aliphatic rings. The van der Waals surface area contributed by atoms with E-state index in [0.717, 1.165) is 57.4 Å². The van der Waals surface area contributed by atoms with Crippen molar-refractivity contribution in [3.8, 4) is 0 Å². The van der Waals surface area contributed by atoms with E-state index in [4.69, 9.17) is 9.47 Å². The zero-order valence-electron chi connectivity index (χ0n) is 18.0. The third-order valence-electron chi connectivity index (χ3n) is 5.96. The fourth-order valence-electron chi connectivity index (χ4n) is 4.24. The highest BCUT2D eigenvalue weighted by atomic mass is 127. The molecule has 3 atom stereocenters. The first kappa shape index (κ1) is 24.7. The molecule has 1 aromatic carbocycles. The predicted molar refractivity (Wildman–Crippen MR) is 137 cm³/mol. The van der Waals surface area contributed by atoms with Crippen molar-refractivity contribution in [1.29, 1.82) is 0 Å². The Morgan fingerprint density at radius 1 is 1.19 bits per heavy atom. The summed E-state index contributed by atoms with van der Waals surface area (Å²) in [7, 11) is 1.77. The highest BCUT2D eigenvalue weighted by Crippen LogP contribution is 2.29. The van der Waals surface area contributed by atoms with Gasteiger partial charge in [-0.2, -0.15) is 0 Å². The van der Waals surface area contributed by atoms with Crippen LogP contribution in [0.4, 0.5) is 0 Å². The zero-order chi connectivity index (χ0) is 20.8. The number of aliphatic imine (C=N–C) groups is 1. The van der Waals surface area contributed by atoms with E-state index in [1.807, 2.05) is 12.1 Å².